The molecule has 0 bridgehead atoms. The quantitative estimate of drug-likeness (QED) is 0.798. The summed E-state index contributed by atoms with van der Waals surface area (Å²) >= 11 is 6.55. The van der Waals surface area contributed by atoms with Crippen LogP contribution in [0.4, 0.5) is 5.69 Å². The highest BCUT2D eigenvalue weighted by Gasteiger charge is 2.28. The summed E-state index contributed by atoms with van der Waals surface area (Å²) in [5, 5.41) is 5.10. The van der Waals surface area contributed by atoms with Crippen LogP contribution < -0.4 is 4.90 Å². The molecule has 1 fully saturated rings. The highest BCUT2D eigenvalue weighted by Crippen LogP contribution is 2.39. The molecular weight excluding hydrogens is 320 g/mol. The van der Waals surface area contributed by atoms with Crippen molar-refractivity contribution in [3.05, 3.63) is 22.3 Å². The van der Waals surface area contributed by atoms with Gasteiger partial charge in [0.05, 0.1) is 24.5 Å². The Bertz CT molecular complexity index is 720. The summed E-state index contributed by atoms with van der Waals surface area (Å²) in [6.07, 6.45) is 0.933. The molecule has 2 atom stereocenters. The van der Waals surface area contributed by atoms with E-state index in [1.165, 1.54) is 0 Å². The van der Waals surface area contributed by atoms with Crippen molar-refractivity contribution in [2.24, 2.45) is 0 Å². The van der Waals surface area contributed by atoms with Crippen LogP contribution in [0.25, 0.3) is 11.0 Å². The molecule has 0 amide bonds. The summed E-state index contributed by atoms with van der Waals surface area (Å²) in [6, 6.07) is 1.76. The number of aromatic nitrogens is 1. The van der Waals surface area contributed by atoms with Crippen molar-refractivity contribution in [3.8, 4) is 0 Å². The number of ether oxygens (including phenoxy) is 2. The molecule has 0 aliphatic carbocycles. The molecule has 3 rings (SSSR count). The van der Waals surface area contributed by atoms with E-state index in [1.807, 2.05) is 13.8 Å². The Balaban J connectivity index is 2.12. The largest absolute Gasteiger partial charge is 0.378 e. The molecule has 7 heteroatoms. The second kappa shape index (κ2) is 6.47. The SMILES string of the molecule is COCc1noc2c(Cl)c(N3C[C@@H](C)O[C@@H](C)C3)c(C=O)cc12. The van der Waals surface area contributed by atoms with Crippen LogP contribution >= 0.6 is 11.6 Å². The number of fused-ring (bicyclic) bond motifs is 1. The molecule has 1 aromatic heterocycles. The van der Waals surface area contributed by atoms with E-state index in [-0.39, 0.29) is 12.2 Å². The Kier molecular flexibility index (Phi) is 4.57. The first-order valence-electron chi connectivity index (χ1n) is 7.50. The minimum atomic E-state index is 0.0591. The predicted octanol–water partition coefficient (Wildman–Crippen LogP) is 3.05. The standard InChI is InChI=1S/C16H19ClN2O4/c1-9-5-19(6-10(2)22-9)15-11(7-20)4-12-13(8-21-3)18-23-16(12)14(15)17/h4,7,9-10H,5-6,8H2,1-3H3/t9-,10+. The Morgan fingerprint density at radius 1 is 1.43 bits per heavy atom. The van der Waals surface area contributed by atoms with Crippen LogP contribution in [0.2, 0.25) is 5.02 Å². The summed E-state index contributed by atoms with van der Waals surface area (Å²) in [7, 11) is 1.58. The number of nitrogens with zero attached hydrogens (tertiary/aromatic N) is 2. The van der Waals surface area contributed by atoms with Gasteiger partial charge in [0.15, 0.2) is 11.9 Å². The minimum absolute atomic E-state index is 0.0591. The second-order valence-electron chi connectivity index (χ2n) is 5.85. The Morgan fingerprint density at radius 2 is 2.13 bits per heavy atom. The molecule has 1 aliphatic heterocycles. The van der Waals surface area contributed by atoms with Gasteiger partial charge < -0.3 is 18.9 Å². The minimum Gasteiger partial charge on any atom is -0.378 e. The maximum atomic E-state index is 11.6. The molecule has 0 unspecified atom stereocenters. The normalized spacial score (nSPS) is 21.8. The molecule has 0 radical (unpaired) electrons. The average molecular weight is 339 g/mol. The van der Waals surface area contributed by atoms with Gasteiger partial charge in [0.1, 0.15) is 10.7 Å². The van der Waals surface area contributed by atoms with E-state index in [0.717, 1.165) is 6.29 Å². The lowest BCUT2D eigenvalue weighted by Crippen LogP contribution is -2.46. The number of morpholine rings is 1. The fraction of sp³-hybridized carbons (Fsp3) is 0.500. The van der Waals surface area contributed by atoms with Gasteiger partial charge in [-0.25, -0.2) is 0 Å². The van der Waals surface area contributed by atoms with Gasteiger partial charge >= 0.3 is 0 Å². The van der Waals surface area contributed by atoms with Crippen LogP contribution in [0, 0.1) is 0 Å². The van der Waals surface area contributed by atoms with Crippen molar-refractivity contribution in [1.82, 2.24) is 5.16 Å². The summed E-state index contributed by atoms with van der Waals surface area (Å²) in [5.74, 6) is 0. The highest BCUT2D eigenvalue weighted by atomic mass is 35.5. The Hall–Kier alpha value is -1.63. The van der Waals surface area contributed by atoms with Crippen LogP contribution in [0.3, 0.4) is 0 Å². The lowest BCUT2D eigenvalue weighted by atomic mass is 10.1. The lowest BCUT2D eigenvalue weighted by Gasteiger charge is -2.37. The topological polar surface area (TPSA) is 64.8 Å². The first kappa shape index (κ1) is 16.2. The zero-order chi connectivity index (χ0) is 16.6. The average Bonchev–Trinajstić information content (AvgIpc) is 2.89. The van der Waals surface area contributed by atoms with Gasteiger partial charge in [-0.05, 0) is 19.9 Å². The molecular formula is C16H19ClN2O4. The fourth-order valence-corrected chi connectivity index (χ4v) is 3.47. The molecule has 0 saturated carbocycles. The Morgan fingerprint density at radius 3 is 2.74 bits per heavy atom. The van der Waals surface area contributed by atoms with E-state index in [9.17, 15) is 4.79 Å². The molecule has 1 saturated heterocycles. The van der Waals surface area contributed by atoms with Crippen molar-refractivity contribution in [3.63, 3.8) is 0 Å². The van der Waals surface area contributed by atoms with Crippen LogP contribution in [-0.4, -0.2) is 43.9 Å². The molecule has 2 heterocycles. The third kappa shape index (κ3) is 2.94. The maximum Gasteiger partial charge on any atom is 0.187 e. The summed E-state index contributed by atoms with van der Waals surface area (Å²) in [5.41, 5.74) is 2.30. The van der Waals surface area contributed by atoms with Gasteiger partial charge in [-0.3, -0.25) is 4.79 Å². The summed E-state index contributed by atoms with van der Waals surface area (Å²) < 4.78 is 16.2. The number of methoxy groups -OCH3 is 1. The highest BCUT2D eigenvalue weighted by molar-refractivity contribution is 6.38. The number of carbonyl (C=O) groups excluding carboxylic acids is 1. The van der Waals surface area contributed by atoms with Crippen molar-refractivity contribution in [2.45, 2.75) is 32.7 Å². The zero-order valence-electron chi connectivity index (χ0n) is 13.3. The smallest absolute Gasteiger partial charge is 0.187 e. The van der Waals surface area contributed by atoms with Crippen molar-refractivity contribution >= 4 is 34.5 Å². The summed E-state index contributed by atoms with van der Waals surface area (Å²) in [4.78, 5) is 13.7. The second-order valence-corrected chi connectivity index (χ2v) is 6.23. The molecule has 1 aliphatic rings. The zero-order valence-corrected chi connectivity index (χ0v) is 14.1. The van der Waals surface area contributed by atoms with Gasteiger partial charge in [-0.1, -0.05) is 16.8 Å². The van der Waals surface area contributed by atoms with Crippen LogP contribution in [0.15, 0.2) is 10.6 Å². The number of aldehydes is 1. The van der Waals surface area contributed by atoms with Crippen LogP contribution in [-0.2, 0) is 16.1 Å². The van der Waals surface area contributed by atoms with Gasteiger partial charge in [0.2, 0.25) is 0 Å². The van der Waals surface area contributed by atoms with Crippen molar-refractivity contribution in [1.29, 1.82) is 0 Å². The lowest BCUT2D eigenvalue weighted by molar-refractivity contribution is -0.00524. The van der Waals surface area contributed by atoms with Crippen molar-refractivity contribution < 1.29 is 18.8 Å². The number of carbonyl (C=O) groups is 1. The van der Waals surface area contributed by atoms with E-state index in [4.69, 9.17) is 25.6 Å². The molecule has 23 heavy (non-hydrogen) atoms. The van der Waals surface area contributed by atoms with Gasteiger partial charge in [0, 0.05) is 31.1 Å². The molecule has 1 aromatic carbocycles. The van der Waals surface area contributed by atoms with Gasteiger partial charge in [-0.15, -0.1) is 0 Å². The van der Waals surface area contributed by atoms with Crippen LogP contribution in [0.1, 0.15) is 29.9 Å². The van der Waals surface area contributed by atoms with E-state index in [2.05, 4.69) is 10.1 Å². The third-order valence-corrected chi connectivity index (χ3v) is 4.28. The Labute approximate surface area is 139 Å². The van der Waals surface area contributed by atoms with Crippen molar-refractivity contribution in [2.75, 3.05) is 25.1 Å². The number of rotatable bonds is 4. The fourth-order valence-electron chi connectivity index (χ4n) is 3.11. The molecule has 0 spiro atoms. The van der Waals surface area contributed by atoms with Gasteiger partial charge in [0.25, 0.3) is 0 Å². The first-order valence-corrected chi connectivity index (χ1v) is 7.88. The van der Waals surface area contributed by atoms with Crippen LogP contribution in [0.5, 0.6) is 0 Å². The monoisotopic (exact) mass is 338 g/mol. The predicted molar refractivity (Wildman–Crippen MR) is 87.3 cm³/mol. The van der Waals surface area contributed by atoms with Gasteiger partial charge in [-0.2, -0.15) is 0 Å². The number of hydrogen-bond donors (Lipinski definition) is 0. The molecule has 124 valence electrons. The van der Waals surface area contributed by atoms with E-state index < -0.39 is 0 Å². The number of anilines is 1. The van der Waals surface area contributed by atoms with E-state index in [0.29, 0.717) is 52.6 Å². The summed E-state index contributed by atoms with van der Waals surface area (Å²) in [6.45, 7) is 5.62. The van der Waals surface area contributed by atoms with E-state index >= 15 is 0 Å². The molecule has 2 aromatic rings. The maximum absolute atomic E-state index is 11.6. The number of hydrogen-bond acceptors (Lipinski definition) is 6. The number of benzene rings is 1. The molecule has 6 nitrogen and oxygen atoms in total. The third-order valence-electron chi connectivity index (χ3n) is 3.93. The van der Waals surface area contributed by atoms with E-state index in [1.54, 1.807) is 13.2 Å². The molecule has 0 N–H and O–H groups in total. The number of halogens is 1. The first-order chi connectivity index (χ1) is 11.0.